The van der Waals surface area contributed by atoms with Gasteiger partial charge in [0, 0.05) is 12.4 Å². The Morgan fingerprint density at radius 2 is 2.19 bits per heavy atom. The predicted octanol–water partition coefficient (Wildman–Crippen LogP) is 4.73. The van der Waals surface area contributed by atoms with E-state index in [1.807, 2.05) is 52.6 Å². The molecule has 7 heteroatoms. The first kappa shape index (κ1) is 15.0. The van der Waals surface area contributed by atoms with E-state index >= 15 is 0 Å². The Bertz CT molecular complexity index is 1060. The summed E-state index contributed by atoms with van der Waals surface area (Å²) in [6, 6.07) is 7.82. The van der Waals surface area contributed by atoms with Crippen molar-refractivity contribution < 1.29 is 9.15 Å². The molecule has 1 aliphatic rings. The summed E-state index contributed by atoms with van der Waals surface area (Å²) in [6.07, 6.45) is 12.4. The number of hydrogen-bond acceptors (Lipinski definition) is 5. The van der Waals surface area contributed by atoms with E-state index in [2.05, 4.69) is 9.97 Å². The van der Waals surface area contributed by atoms with Crippen LogP contribution in [-0.2, 0) is 4.74 Å². The van der Waals surface area contributed by atoms with E-state index < -0.39 is 0 Å². The lowest BCUT2D eigenvalue weighted by Gasteiger charge is -2.16. The number of nitrogens with zero attached hydrogens (tertiary/aromatic N) is 3. The Kier molecular flexibility index (Phi) is 3.57. The van der Waals surface area contributed by atoms with Gasteiger partial charge in [0.25, 0.3) is 0 Å². The van der Waals surface area contributed by atoms with Gasteiger partial charge >= 0.3 is 0 Å². The summed E-state index contributed by atoms with van der Waals surface area (Å²) >= 11 is 1.61. The van der Waals surface area contributed by atoms with Crippen LogP contribution in [0, 0.1) is 0 Å². The van der Waals surface area contributed by atoms with Crippen LogP contribution in [0.1, 0.15) is 11.7 Å². The number of aromatic nitrogens is 4. The molecule has 6 nitrogen and oxygen atoms in total. The van der Waals surface area contributed by atoms with Crippen LogP contribution in [0.2, 0.25) is 0 Å². The summed E-state index contributed by atoms with van der Waals surface area (Å²) < 4.78 is 13.5. The molecule has 0 fully saturated rings. The standard InChI is InChI=1S/C19H14N4O2S/c1-2-10-24-13(5-1)16-17(19-20-8-9-21-19)22-23(15-7-4-12-26-15)18(16)14-6-3-11-25-14/h1-13H,(H,20,21). The van der Waals surface area contributed by atoms with E-state index in [0.717, 1.165) is 27.7 Å². The molecule has 1 N–H and O–H groups in total. The first-order valence-corrected chi connectivity index (χ1v) is 8.99. The second kappa shape index (κ2) is 6.20. The number of furan rings is 1. The highest BCUT2D eigenvalue weighted by Gasteiger charge is 2.30. The van der Waals surface area contributed by atoms with Crippen molar-refractivity contribution in [3.63, 3.8) is 0 Å². The van der Waals surface area contributed by atoms with Crippen molar-refractivity contribution in [2.24, 2.45) is 0 Å². The number of ether oxygens (including phenoxy) is 1. The summed E-state index contributed by atoms with van der Waals surface area (Å²) in [7, 11) is 0. The van der Waals surface area contributed by atoms with Crippen LogP contribution in [0.4, 0.5) is 0 Å². The third kappa shape index (κ3) is 2.41. The maximum absolute atomic E-state index is 5.87. The van der Waals surface area contributed by atoms with E-state index in [1.54, 1.807) is 36.3 Å². The van der Waals surface area contributed by atoms with Crippen LogP contribution in [0.15, 0.2) is 77.2 Å². The molecular weight excluding hydrogens is 348 g/mol. The molecule has 0 saturated carbocycles. The Hall–Kier alpha value is -3.32. The maximum atomic E-state index is 5.87. The van der Waals surface area contributed by atoms with E-state index in [-0.39, 0.29) is 6.10 Å². The molecule has 1 aliphatic heterocycles. The predicted molar refractivity (Wildman–Crippen MR) is 98.8 cm³/mol. The largest absolute Gasteiger partial charge is 0.489 e. The normalized spacial score (nSPS) is 16.1. The molecule has 0 bridgehead atoms. The zero-order valence-electron chi connectivity index (χ0n) is 13.6. The summed E-state index contributed by atoms with van der Waals surface area (Å²) in [6.45, 7) is 0. The van der Waals surface area contributed by atoms with Crippen molar-refractivity contribution in [2.75, 3.05) is 0 Å². The first-order valence-electron chi connectivity index (χ1n) is 8.11. The highest BCUT2D eigenvalue weighted by atomic mass is 32.1. The molecule has 0 radical (unpaired) electrons. The minimum Gasteiger partial charge on any atom is -0.489 e. The van der Waals surface area contributed by atoms with Gasteiger partial charge in [0.2, 0.25) is 0 Å². The molecule has 0 aromatic carbocycles. The van der Waals surface area contributed by atoms with Crippen LogP contribution in [0.3, 0.4) is 0 Å². The second-order valence-corrected chi connectivity index (χ2v) is 6.59. The quantitative estimate of drug-likeness (QED) is 0.570. The number of allylic oxidation sites excluding steroid dienone is 2. The van der Waals surface area contributed by atoms with E-state index in [9.17, 15) is 0 Å². The molecule has 4 aromatic heterocycles. The fourth-order valence-corrected chi connectivity index (χ4v) is 3.71. The van der Waals surface area contributed by atoms with Gasteiger partial charge in [-0.25, -0.2) is 9.67 Å². The first-order chi connectivity index (χ1) is 12.9. The molecule has 1 atom stereocenters. The van der Waals surface area contributed by atoms with Crippen molar-refractivity contribution in [3.8, 4) is 28.0 Å². The number of aromatic amines is 1. The summed E-state index contributed by atoms with van der Waals surface area (Å²) in [5.41, 5.74) is 2.50. The molecular formula is C19H14N4O2S. The lowest BCUT2D eigenvalue weighted by Crippen LogP contribution is -2.03. The van der Waals surface area contributed by atoms with E-state index in [4.69, 9.17) is 14.3 Å². The molecule has 0 spiro atoms. The summed E-state index contributed by atoms with van der Waals surface area (Å²) in [5, 5.41) is 7.88. The number of H-pyrrole nitrogens is 1. The summed E-state index contributed by atoms with van der Waals surface area (Å²) in [4.78, 5) is 7.56. The summed E-state index contributed by atoms with van der Waals surface area (Å²) in [5.74, 6) is 1.42. The molecule has 0 saturated heterocycles. The molecule has 1 unspecified atom stereocenters. The highest BCUT2D eigenvalue weighted by Crippen LogP contribution is 2.40. The molecule has 128 valence electrons. The number of imidazole rings is 1. The number of nitrogens with one attached hydrogen (secondary N) is 1. The van der Waals surface area contributed by atoms with Gasteiger partial charge in [0.15, 0.2) is 11.6 Å². The van der Waals surface area contributed by atoms with Gasteiger partial charge in [-0.1, -0.05) is 6.08 Å². The molecule has 4 aromatic rings. The Labute approximate surface area is 153 Å². The minimum absolute atomic E-state index is 0.283. The minimum atomic E-state index is -0.283. The van der Waals surface area contributed by atoms with Gasteiger partial charge in [-0.15, -0.1) is 11.3 Å². The van der Waals surface area contributed by atoms with Gasteiger partial charge in [0.05, 0.1) is 18.1 Å². The fourth-order valence-electron chi connectivity index (χ4n) is 3.02. The van der Waals surface area contributed by atoms with Gasteiger partial charge in [-0.2, -0.15) is 5.10 Å². The molecule has 0 aliphatic carbocycles. The van der Waals surface area contributed by atoms with Gasteiger partial charge < -0.3 is 14.1 Å². The van der Waals surface area contributed by atoms with E-state index in [0.29, 0.717) is 5.82 Å². The SMILES string of the molecule is C1=COC(c2c(-c3ncc[nH]3)nn(-c3cccs3)c2-c2ccco2)C=C1. The van der Waals surface area contributed by atoms with Crippen LogP contribution in [0.25, 0.3) is 28.0 Å². The van der Waals surface area contributed by atoms with Crippen molar-refractivity contribution in [2.45, 2.75) is 6.10 Å². The Balaban J connectivity index is 1.82. The average molecular weight is 362 g/mol. The monoisotopic (exact) mass is 362 g/mol. The van der Waals surface area contributed by atoms with Crippen LogP contribution in [-0.4, -0.2) is 19.7 Å². The van der Waals surface area contributed by atoms with Crippen LogP contribution < -0.4 is 0 Å². The third-order valence-corrected chi connectivity index (χ3v) is 4.94. The van der Waals surface area contributed by atoms with Gasteiger partial charge in [-0.3, -0.25) is 0 Å². The van der Waals surface area contributed by atoms with Crippen LogP contribution in [0.5, 0.6) is 0 Å². The van der Waals surface area contributed by atoms with Crippen LogP contribution >= 0.6 is 11.3 Å². The molecule has 5 heterocycles. The lowest BCUT2D eigenvalue weighted by atomic mass is 10.0. The number of thiophene rings is 1. The Morgan fingerprint density at radius 1 is 1.19 bits per heavy atom. The average Bonchev–Trinajstić information content (AvgIpc) is 3.49. The molecule has 0 amide bonds. The molecule has 26 heavy (non-hydrogen) atoms. The number of rotatable bonds is 4. The lowest BCUT2D eigenvalue weighted by molar-refractivity contribution is 0.187. The second-order valence-electron chi connectivity index (χ2n) is 5.66. The van der Waals surface area contributed by atoms with Crippen molar-refractivity contribution in [1.29, 1.82) is 0 Å². The zero-order chi connectivity index (χ0) is 17.3. The highest BCUT2D eigenvalue weighted by molar-refractivity contribution is 7.12. The topological polar surface area (TPSA) is 68.9 Å². The third-order valence-electron chi connectivity index (χ3n) is 4.10. The van der Waals surface area contributed by atoms with Crippen molar-refractivity contribution in [1.82, 2.24) is 19.7 Å². The number of hydrogen-bond donors (Lipinski definition) is 1. The smallest absolute Gasteiger partial charge is 0.158 e. The van der Waals surface area contributed by atoms with Crippen molar-refractivity contribution in [3.05, 3.63) is 78.4 Å². The van der Waals surface area contributed by atoms with E-state index in [1.165, 1.54) is 0 Å². The Morgan fingerprint density at radius 3 is 2.88 bits per heavy atom. The fraction of sp³-hybridized carbons (Fsp3) is 0.0526. The maximum Gasteiger partial charge on any atom is 0.158 e. The van der Waals surface area contributed by atoms with Gasteiger partial charge in [-0.05, 0) is 41.8 Å². The van der Waals surface area contributed by atoms with Gasteiger partial charge in [0.1, 0.15) is 22.5 Å². The van der Waals surface area contributed by atoms with Crippen molar-refractivity contribution >= 4 is 11.3 Å². The zero-order valence-corrected chi connectivity index (χ0v) is 14.4. The molecule has 5 rings (SSSR count).